The number of hydrogen-bond donors (Lipinski definition) is 1. The van der Waals surface area contributed by atoms with Crippen molar-refractivity contribution in [1.29, 1.82) is 0 Å². The first-order valence-electron chi connectivity index (χ1n) is 5.89. The topological polar surface area (TPSA) is 15.3 Å². The van der Waals surface area contributed by atoms with E-state index in [1.54, 1.807) is 0 Å². The van der Waals surface area contributed by atoms with Crippen LogP contribution in [0.1, 0.15) is 24.8 Å². The molecule has 0 radical (unpaired) electrons. The number of nitrogens with zero attached hydrogens (tertiary/aromatic N) is 1. The molecule has 2 bridgehead atoms. The van der Waals surface area contributed by atoms with Gasteiger partial charge >= 0.3 is 0 Å². The molecule has 2 saturated heterocycles. The quantitative estimate of drug-likeness (QED) is 0.824. The van der Waals surface area contributed by atoms with Crippen molar-refractivity contribution in [2.45, 2.75) is 37.9 Å². The van der Waals surface area contributed by atoms with Gasteiger partial charge in [-0.15, -0.1) is 0 Å². The van der Waals surface area contributed by atoms with Crippen molar-refractivity contribution in [3.63, 3.8) is 0 Å². The van der Waals surface area contributed by atoms with Crippen LogP contribution < -0.4 is 5.32 Å². The SMILES string of the molecule is c1cc(CN2CC3CCCC(C2)N3)cs1. The summed E-state index contributed by atoms with van der Waals surface area (Å²) in [5.74, 6) is 0. The van der Waals surface area contributed by atoms with Crippen LogP contribution in [0, 0.1) is 0 Å². The highest BCUT2D eigenvalue weighted by Gasteiger charge is 2.29. The monoisotopic (exact) mass is 222 g/mol. The highest BCUT2D eigenvalue weighted by molar-refractivity contribution is 7.07. The summed E-state index contributed by atoms with van der Waals surface area (Å²) in [5.41, 5.74) is 1.49. The summed E-state index contributed by atoms with van der Waals surface area (Å²) >= 11 is 1.81. The molecular formula is C12H18N2S. The van der Waals surface area contributed by atoms with Gasteiger partial charge in [-0.05, 0) is 35.2 Å². The second kappa shape index (κ2) is 4.24. The maximum atomic E-state index is 3.72. The first kappa shape index (κ1) is 9.82. The zero-order chi connectivity index (χ0) is 10.1. The molecule has 1 aromatic heterocycles. The van der Waals surface area contributed by atoms with E-state index in [9.17, 15) is 0 Å². The van der Waals surface area contributed by atoms with Crippen LogP contribution in [0.25, 0.3) is 0 Å². The van der Waals surface area contributed by atoms with E-state index in [1.807, 2.05) is 11.3 Å². The third-order valence-electron chi connectivity index (χ3n) is 3.52. The van der Waals surface area contributed by atoms with E-state index in [1.165, 1.54) is 37.9 Å². The molecule has 2 fully saturated rings. The van der Waals surface area contributed by atoms with Crippen LogP contribution in [0.15, 0.2) is 16.8 Å². The van der Waals surface area contributed by atoms with Crippen LogP contribution in [-0.2, 0) is 6.54 Å². The van der Waals surface area contributed by atoms with Crippen molar-refractivity contribution in [2.75, 3.05) is 13.1 Å². The molecule has 0 saturated carbocycles. The molecule has 2 aliphatic heterocycles. The Morgan fingerprint density at radius 2 is 2.13 bits per heavy atom. The van der Waals surface area contributed by atoms with Crippen LogP contribution in [0.4, 0.5) is 0 Å². The molecule has 2 unspecified atom stereocenters. The lowest BCUT2D eigenvalue weighted by atomic mass is 9.94. The van der Waals surface area contributed by atoms with E-state index in [0.29, 0.717) is 0 Å². The number of fused-ring (bicyclic) bond motifs is 2. The van der Waals surface area contributed by atoms with E-state index in [4.69, 9.17) is 0 Å². The fourth-order valence-corrected chi connectivity index (χ4v) is 3.53. The summed E-state index contributed by atoms with van der Waals surface area (Å²) in [6.45, 7) is 3.64. The Kier molecular flexibility index (Phi) is 2.77. The Hall–Kier alpha value is -0.380. The molecule has 2 nitrogen and oxygen atoms in total. The highest BCUT2D eigenvalue weighted by Crippen LogP contribution is 2.21. The molecule has 82 valence electrons. The lowest BCUT2D eigenvalue weighted by molar-refractivity contribution is 0.119. The fraction of sp³-hybridized carbons (Fsp3) is 0.667. The summed E-state index contributed by atoms with van der Waals surface area (Å²) in [6.07, 6.45) is 4.17. The van der Waals surface area contributed by atoms with Crippen molar-refractivity contribution >= 4 is 11.3 Å². The van der Waals surface area contributed by atoms with E-state index < -0.39 is 0 Å². The standard InChI is InChI=1S/C12H18N2S/c1-2-11-7-14(8-12(3-1)13-11)6-10-4-5-15-9-10/h4-5,9,11-13H,1-3,6-8H2. The van der Waals surface area contributed by atoms with Gasteiger partial charge in [-0.1, -0.05) is 6.42 Å². The Labute approximate surface area is 95.3 Å². The zero-order valence-corrected chi connectivity index (χ0v) is 9.80. The second-order valence-electron chi connectivity index (χ2n) is 4.82. The minimum absolute atomic E-state index is 0.760. The smallest absolute Gasteiger partial charge is 0.0243 e. The lowest BCUT2D eigenvalue weighted by Crippen LogP contribution is -2.58. The lowest BCUT2D eigenvalue weighted by Gasteiger charge is -2.42. The van der Waals surface area contributed by atoms with Gasteiger partial charge in [0.15, 0.2) is 0 Å². The molecule has 0 spiro atoms. The number of piperazine rings is 1. The van der Waals surface area contributed by atoms with Crippen LogP contribution in [0.5, 0.6) is 0 Å². The predicted octanol–water partition coefficient (Wildman–Crippen LogP) is 2.07. The summed E-state index contributed by atoms with van der Waals surface area (Å²) < 4.78 is 0. The van der Waals surface area contributed by atoms with Crippen LogP contribution in [0.3, 0.4) is 0 Å². The molecule has 2 atom stereocenters. The van der Waals surface area contributed by atoms with E-state index in [2.05, 4.69) is 27.0 Å². The van der Waals surface area contributed by atoms with Gasteiger partial charge in [-0.2, -0.15) is 11.3 Å². The molecular weight excluding hydrogens is 204 g/mol. The number of rotatable bonds is 2. The number of likely N-dealkylation sites (tertiary alicyclic amines) is 1. The summed E-state index contributed by atoms with van der Waals surface area (Å²) in [5, 5.41) is 8.18. The van der Waals surface area contributed by atoms with Crippen LogP contribution in [0.2, 0.25) is 0 Å². The maximum absolute atomic E-state index is 3.72. The Morgan fingerprint density at radius 1 is 1.33 bits per heavy atom. The largest absolute Gasteiger partial charge is 0.309 e. The van der Waals surface area contributed by atoms with Crippen LogP contribution in [-0.4, -0.2) is 30.1 Å². The molecule has 0 aromatic carbocycles. The van der Waals surface area contributed by atoms with Gasteiger partial charge in [0.25, 0.3) is 0 Å². The van der Waals surface area contributed by atoms with Gasteiger partial charge < -0.3 is 5.32 Å². The average Bonchev–Trinajstić information content (AvgIpc) is 2.70. The second-order valence-corrected chi connectivity index (χ2v) is 5.60. The highest BCUT2D eigenvalue weighted by atomic mass is 32.1. The van der Waals surface area contributed by atoms with Crippen molar-refractivity contribution in [3.8, 4) is 0 Å². The van der Waals surface area contributed by atoms with Crippen molar-refractivity contribution in [3.05, 3.63) is 22.4 Å². The molecule has 0 aliphatic carbocycles. The molecule has 1 N–H and O–H groups in total. The number of thiophene rings is 1. The molecule has 3 rings (SSSR count). The van der Waals surface area contributed by atoms with Gasteiger partial charge in [0.05, 0.1) is 0 Å². The zero-order valence-electron chi connectivity index (χ0n) is 8.98. The van der Waals surface area contributed by atoms with Crippen molar-refractivity contribution in [1.82, 2.24) is 10.2 Å². The van der Waals surface area contributed by atoms with E-state index in [-0.39, 0.29) is 0 Å². The Bertz CT molecular complexity index is 297. The van der Waals surface area contributed by atoms with Gasteiger partial charge in [0, 0.05) is 31.7 Å². The Morgan fingerprint density at radius 3 is 2.80 bits per heavy atom. The predicted molar refractivity (Wildman–Crippen MR) is 64.2 cm³/mol. The first-order valence-corrected chi connectivity index (χ1v) is 6.84. The normalized spacial score (nSPS) is 31.7. The van der Waals surface area contributed by atoms with E-state index >= 15 is 0 Å². The first-order chi connectivity index (χ1) is 7.40. The van der Waals surface area contributed by atoms with Gasteiger partial charge in [0.1, 0.15) is 0 Å². The molecule has 3 heterocycles. The van der Waals surface area contributed by atoms with Gasteiger partial charge in [-0.3, -0.25) is 4.90 Å². The summed E-state index contributed by atoms with van der Waals surface area (Å²) in [6, 6.07) is 3.77. The minimum atomic E-state index is 0.760. The van der Waals surface area contributed by atoms with Crippen LogP contribution >= 0.6 is 11.3 Å². The van der Waals surface area contributed by atoms with Gasteiger partial charge in [0.2, 0.25) is 0 Å². The fourth-order valence-electron chi connectivity index (χ4n) is 2.87. The van der Waals surface area contributed by atoms with Gasteiger partial charge in [-0.25, -0.2) is 0 Å². The number of piperidine rings is 1. The maximum Gasteiger partial charge on any atom is 0.0243 e. The minimum Gasteiger partial charge on any atom is -0.309 e. The average molecular weight is 222 g/mol. The molecule has 0 amide bonds. The number of hydrogen-bond acceptors (Lipinski definition) is 3. The van der Waals surface area contributed by atoms with E-state index in [0.717, 1.165) is 18.6 Å². The molecule has 15 heavy (non-hydrogen) atoms. The molecule has 2 aliphatic rings. The summed E-state index contributed by atoms with van der Waals surface area (Å²) in [4.78, 5) is 2.62. The molecule has 3 heteroatoms. The summed E-state index contributed by atoms with van der Waals surface area (Å²) in [7, 11) is 0. The third-order valence-corrected chi connectivity index (χ3v) is 4.25. The molecule has 1 aromatic rings. The Balaban J connectivity index is 1.63. The van der Waals surface area contributed by atoms with Crippen molar-refractivity contribution < 1.29 is 0 Å². The number of nitrogens with one attached hydrogen (secondary N) is 1. The van der Waals surface area contributed by atoms with Crippen molar-refractivity contribution in [2.24, 2.45) is 0 Å². The third kappa shape index (κ3) is 2.25.